The van der Waals surface area contributed by atoms with E-state index in [1.54, 1.807) is 36.4 Å². The second-order valence-corrected chi connectivity index (χ2v) is 7.96. The predicted molar refractivity (Wildman–Crippen MR) is 106 cm³/mol. The topological polar surface area (TPSA) is 75.3 Å². The summed E-state index contributed by atoms with van der Waals surface area (Å²) >= 11 is 0. The third-order valence-corrected chi connectivity index (χ3v) is 5.49. The van der Waals surface area contributed by atoms with Gasteiger partial charge >= 0.3 is 0 Å². The van der Waals surface area contributed by atoms with Crippen LogP contribution in [0.25, 0.3) is 0 Å². The summed E-state index contributed by atoms with van der Waals surface area (Å²) in [6.07, 6.45) is 0. The summed E-state index contributed by atoms with van der Waals surface area (Å²) < 4.78 is 41.1. The smallest absolute Gasteiger partial charge is 0.261 e. The van der Waals surface area contributed by atoms with E-state index in [9.17, 15) is 17.6 Å². The summed E-state index contributed by atoms with van der Waals surface area (Å²) in [5.41, 5.74) is 2.05. The van der Waals surface area contributed by atoms with Gasteiger partial charge in [-0.15, -0.1) is 0 Å². The molecule has 3 aromatic carbocycles. The Morgan fingerprint density at radius 2 is 1.68 bits per heavy atom. The van der Waals surface area contributed by atoms with Gasteiger partial charge in [-0.3, -0.25) is 9.52 Å². The second-order valence-electron chi connectivity index (χ2n) is 6.27. The van der Waals surface area contributed by atoms with E-state index in [4.69, 9.17) is 0 Å². The molecular weight excluding hydrogens is 379 g/mol. The van der Waals surface area contributed by atoms with Gasteiger partial charge in [0.2, 0.25) is 0 Å². The number of rotatable bonds is 6. The van der Waals surface area contributed by atoms with Crippen molar-refractivity contribution in [3.8, 4) is 0 Å². The first-order chi connectivity index (χ1) is 13.3. The molecule has 0 heterocycles. The lowest BCUT2D eigenvalue weighted by Gasteiger charge is -2.10. The van der Waals surface area contributed by atoms with Gasteiger partial charge in [0.15, 0.2) is 0 Å². The Kier molecular flexibility index (Phi) is 5.75. The number of halogens is 1. The first-order valence-corrected chi connectivity index (χ1v) is 10.0. The summed E-state index contributed by atoms with van der Waals surface area (Å²) in [5.74, 6) is -0.815. The largest absolute Gasteiger partial charge is 0.348 e. The van der Waals surface area contributed by atoms with Crippen molar-refractivity contribution in [2.24, 2.45) is 0 Å². The SMILES string of the molecule is Cc1cccc(NS(=O)(=O)c2ccc(C(=O)NCc3ccccc3F)cc2)c1. The van der Waals surface area contributed by atoms with Crippen LogP contribution in [-0.2, 0) is 16.6 Å². The number of carbonyl (C=O) groups is 1. The molecule has 0 spiro atoms. The van der Waals surface area contributed by atoms with Gasteiger partial charge in [-0.25, -0.2) is 12.8 Å². The Balaban J connectivity index is 1.68. The van der Waals surface area contributed by atoms with Crippen molar-refractivity contribution in [1.82, 2.24) is 5.32 Å². The molecule has 0 aliphatic rings. The number of hydrogen-bond acceptors (Lipinski definition) is 3. The van der Waals surface area contributed by atoms with Crippen LogP contribution >= 0.6 is 0 Å². The number of aryl methyl sites for hydroxylation is 1. The van der Waals surface area contributed by atoms with Crippen molar-refractivity contribution in [3.63, 3.8) is 0 Å². The summed E-state index contributed by atoms with van der Waals surface area (Å²) in [7, 11) is -3.76. The number of anilines is 1. The van der Waals surface area contributed by atoms with Gasteiger partial charge in [-0.2, -0.15) is 0 Å². The molecule has 2 N–H and O–H groups in total. The van der Waals surface area contributed by atoms with E-state index < -0.39 is 21.7 Å². The highest BCUT2D eigenvalue weighted by Gasteiger charge is 2.15. The standard InChI is InChI=1S/C21H19FN2O3S/c1-15-5-4-7-18(13-15)24-28(26,27)19-11-9-16(10-12-19)21(25)23-14-17-6-2-3-8-20(17)22/h2-13,24H,14H2,1H3,(H,23,25). The number of benzene rings is 3. The van der Waals surface area contributed by atoms with Crippen molar-refractivity contribution < 1.29 is 17.6 Å². The average molecular weight is 398 g/mol. The van der Waals surface area contributed by atoms with Crippen molar-refractivity contribution in [2.75, 3.05) is 4.72 Å². The lowest BCUT2D eigenvalue weighted by molar-refractivity contribution is 0.0950. The van der Waals surface area contributed by atoms with Crippen LogP contribution in [0, 0.1) is 12.7 Å². The molecule has 1 amide bonds. The lowest BCUT2D eigenvalue weighted by Crippen LogP contribution is -2.23. The zero-order valence-corrected chi connectivity index (χ0v) is 16.0. The summed E-state index contributed by atoms with van der Waals surface area (Å²) in [4.78, 5) is 12.3. The zero-order chi connectivity index (χ0) is 20.1. The fraction of sp³-hybridized carbons (Fsp3) is 0.0952. The van der Waals surface area contributed by atoms with E-state index in [-0.39, 0.29) is 17.0 Å². The maximum atomic E-state index is 13.6. The minimum Gasteiger partial charge on any atom is -0.348 e. The Morgan fingerprint density at radius 3 is 2.36 bits per heavy atom. The van der Waals surface area contributed by atoms with Gasteiger partial charge in [0.25, 0.3) is 15.9 Å². The van der Waals surface area contributed by atoms with E-state index >= 15 is 0 Å². The monoisotopic (exact) mass is 398 g/mol. The van der Waals surface area contributed by atoms with Gasteiger partial charge in [0, 0.05) is 23.4 Å². The zero-order valence-electron chi connectivity index (χ0n) is 15.1. The molecule has 0 radical (unpaired) electrons. The third-order valence-electron chi connectivity index (χ3n) is 4.09. The Morgan fingerprint density at radius 1 is 0.964 bits per heavy atom. The van der Waals surface area contributed by atoms with Crippen molar-refractivity contribution >= 4 is 21.6 Å². The highest BCUT2D eigenvalue weighted by Crippen LogP contribution is 2.17. The second kappa shape index (κ2) is 8.22. The molecule has 0 unspecified atom stereocenters. The Labute approximate surface area is 163 Å². The van der Waals surface area contributed by atoms with Crippen LogP contribution in [0.15, 0.2) is 77.7 Å². The third kappa shape index (κ3) is 4.75. The van der Waals surface area contributed by atoms with Crippen molar-refractivity contribution in [2.45, 2.75) is 18.4 Å². The molecule has 0 bridgehead atoms. The minimum atomic E-state index is -3.76. The quantitative estimate of drug-likeness (QED) is 0.662. The van der Waals surface area contributed by atoms with E-state index in [1.807, 2.05) is 13.0 Å². The van der Waals surface area contributed by atoms with Crippen LogP contribution in [0.3, 0.4) is 0 Å². The molecule has 3 aromatic rings. The molecule has 0 atom stereocenters. The van der Waals surface area contributed by atoms with Crippen LogP contribution in [0.5, 0.6) is 0 Å². The first kappa shape index (κ1) is 19.6. The molecule has 0 aromatic heterocycles. The molecular formula is C21H19FN2O3S. The maximum absolute atomic E-state index is 13.6. The van der Waals surface area contributed by atoms with Crippen molar-refractivity contribution in [3.05, 3.63) is 95.3 Å². The van der Waals surface area contributed by atoms with E-state index in [0.717, 1.165) is 5.56 Å². The summed E-state index contributed by atoms with van der Waals surface area (Å²) in [6.45, 7) is 1.91. The molecule has 0 fully saturated rings. The number of amides is 1. The van der Waals surface area contributed by atoms with Gasteiger partial charge in [-0.05, 0) is 55.0 Å². The molecule has 0 saturated heterocycles. The lowest BCUT2D eigenvalue weighted by atomic mass is 10.2. The van der Waals surface area contributed by atoms with Crippen LogP contribution in [0.1, 0.15) is 21.5 Å². The number of carbonyl (C=O) groups excluding carboxylic acids is 1. The van der Waals surface area contributed by atoms with Gasteiger partial charge in [-0.1, -0.05) is 30.3 Å². The molecule has 5 nitrogen and oxygen atoms in total. The number of nitrogens with one attached hydrogen (secondary N) is 2. The normalized spacial score (nSPS) is 11.1. The van der Waals surface area contributed by atoms with Gasteiger partial charge < -0.3 is 5.32 Å². The molecule has 0 saturated carbocycles. The molecule has 3 rings (SSSR count). The first-order valence-electron chi connectivity index (χ1n) is 8.56. The summed E-state index contributed by atoms with van der Waals surface area (Å²) in [6, 6.07) is 18.7. The Bertz CT molecular complexity index is 1100. The van der Waals surface area contributed by atoms with E-state index in [0.29, 0.717) is 11.3 Å². The average Bonchev–Trinajstić information content (AvgIpc) is 2.67. The van der Waals surface area contributed by atoms with Crippen LogP contribution < -0.4 is 10.0 Å². The molecule has 144 valence electrons. The fourth-order valence-corrected chi connectivity index (χ4v) is 3.68. The summed E-state index contributed by atoms with van der Waals surface area (Å²) in [5, 5.41) is 2.62. The van der Waals surface area contributed by atoms with Crippen LogP contribution in [0.2, 0.25) is 0 Å². The highest BCUT2D eigenvalue weighted by molar-refractivity contribution is 7.92. The predicted octanol–water partition coefficient (Wildman–Crippen LogP) is 3.86. The van der Waals surface area contributed by atoms with Crippen molar-refractivity contribution in [1.29, 1.82) is 0 Å². The van der Waals surface area contributed by atoms with E-state index in [1.165, 1.54) is 30.3 Å². The van der Waals surface area contributed by atoms with Gasteiger partial charge in [0.05, 0.1) is 4.90 Å². The molecule has 0 aliphatic carbocycles. The van der Waals surface area contributed by atoms with Gasteiger partial charge in [0.1, 0.15) is 5.82 Å². The fourth-order valence-electron chi connectivity index (χ4n) is 2.63. The highest BCUT2D eigenvalue weighted by atomic mass is 32.2. The molecule has 0 aliphatic heterocycles. The molecule has 7 heteroatoms. The van der Waals surface area contributed by atoms with Crippen LogP contribution in [0.4, 0.5) is 10.1 Å². The van der Waals surface area contributed by atoms with E-state index in [2.05, 4.69) is 10.0 Å². The minimum absolute atomic E-state index is 0.0414. The number of sulfonamides is 1. The maximum Gasteiger partial charge on any atom is 0.261 e. The van der Waals surface area contributed by atoms with Crippen LogP contribution in [-0.4, -0.2) is 14.3 Å². The molecule has 28 heavy (non-hydrogen) atoms. The Hall–Kier alpha value is -3.19. The number of hydrogen-bond donors (Lipinski definition) is 2.